The number of amides is 2. The summed E-state index contributed by atoms with van der Waals surface area (Å²) < 4.78 is 0. The van der Waals surface area contributed by atoms with E-state index < -0.39 is 12.0 Å². The van der Waals surface area contributed by atoms with E-state index in [1.165, 1.54) is 6.08 Å². The zero-order chi connectivity index (χ0) is 18.6. The van der Waals surface area contributed by atoms with Gasteiger partial charge in [0.05, 0.1) is 0 Å². The number of anilines is 1. The fourth-order valence-corrected chi connectivity index (χ4v) is 4.20. The number of rotatable bonds is 3. The summed E-state index contributed by atoms with van der Waals surface area (Å²) in [7, 11) is 0. The summed E-state index contributed by atoms with van der Waals surface area (Å²) in [6.45, 7) is 2.19. The van der Waals surface area contributed by atoms with E-state index in [-0.39, 0.29) is 5.54 Å². The zero-order valence-corrected chi connectivity index (χ0v) is 14.7. The minimum Gasteiger partial charge on any atom is -0.465 e. The number of hydroxylamine groups is 1. The van der Waals surface area contributed by atoms with Crippen LogP contribution in [-0.2, 0) is 4.79 Å². The highest BCUT2D eigenvalue weighted by Gasteiger charge is 2.43. The first kappa shape index (κ1) is 18.3. The quantitative estimate of drug-likeness (QED) is 0.438. The lowest BCUT2D eigenvalue weighted by Gasteiger charge is -2.50. The van der Waals surface area contributed by atoms with E-state index >= 15 is 0 Å². The molecule has 0 saturated carbocycles. The van der Waals surface area contributed by atoms with Crippen molar-refractivity contribution < 1.29 is 19.9 Å². The highest BCUT2D eigenvalue weighted by atomic mass is 16.5. The molecular weight excluding hydrogens is 334 g/mol. The maximum atomic E-state index is 11.7. The summed E-state index contributed by atoms with van der Waals surface area (Å²) in [6, 6.07) is 7.78. The van der Waals surface area contributed by atoms with Gasteiger partial charge >= 0.3 is 6.09 Å². The van der Waals surface area contributed by atoms with Crippen LogP contribution in [0.2, 0.25) is 0 Å². The van der Waals surface area contributed by atoms with Crippen LogP contribution >= 0.6 is 0 Å². The monoisotopic (exact) mass is 359 g/mol. The van der Waals surface area contributed by atoms with E-state index in [2.05, 4.69) is 4.90 Å². The molecule has 0 radical (unpaired) electrons. The third-order valence-corrected chi connectivity index (χ3v) is 5.57. The number of hydrogen-bond acceptors (Lipinski definition) is 4. The Morgan fingerprint density at radius 3 is 2.50 bits per heavy atom. The van der Waals surface area contributed by atoms with Gasteiger partial charge in [-0.2, -0.15) is 0 Å². The van der Waals surface area contributed by atoms with E-state index in [1.54, 1.807) is 16.5 Å². The third kappa shape index (κ3) is 3.67. The summed E-state index contributed by atoms with van der Waals surface area (Å²) in [4.78, 5) is 26.8. The summed E-state index contributed by atoms with van der Waals surface area (Å²) in [5, 5.41) is 18.2. The Bertz CT molecular complexity index is 696. The number of nitrogens with one attached hydrogen (secondary N) is 1. The fourth-order valence-electron chi connectivity index (χ4n) is 4.20. The molecule has 7 heteroatoms. The van der Waals surface area contributed by atoms with Crippen molar-refractivity contribution in [3.63, 3.8) is 0 Å². The second-order valence-corrected chi connectivity index (χ2v) is 6.97. The van der Waals surface area contributed by atoms with Gasteiger partial charge in [-0.05, 0) is 49.8 Å². The van der Waals surface area contributed by atoms with Crippen molar-refractivity contribution in [2.45, 2.75) is 37.6 Å². The third-order valence-electron chi connectivity index (χ3n) is 5.57. The molecule has 3 rings (SSSR count). The number of carboxylic acid groups (broad SMARTS) is 1. The molecule has 0 bridgehead atoms. The molecule has 1 aromatic rings. The molecule has 3 N–H and O–H groups in total. The fraction of sp³-hybridized carbons (Fsp3) is 0.474. The maximum absolute atomic E-state index is 11.7. The van der Waals surface area contributed by atoms with Crippen LogP contribution in [-0.4, -0.2) is 52.4 Å². The largest absolute Gasteiger partial charge is 0.465 e. The topological polar surface area (TPSA) is 93.1 Å². The number of likely N-dealkylation sites (tertiary alicyclic amines) is 1. The Morgan fingerprint density at radius 2 is 1.81 bits per heavy atom. The molecule has 2 saturated heterocycles. The number of carbonyl (C=O) groups excluding carboxylic acids is 1. The highest BCUT2D eigenvalue weighted by Crippen LogP contribution is 2.39. The van der Waals surface area contributed by atoms with Crippen molar-refractivity contribution in [3.05, 3.63) is 35.9 Å². The average Bonchev–Trinajstić information content (AvgIpc) is 2.67. The molecular formula is C19H25N3O4. The van der Waals surface area contributed by atoms with Crippen molar-refractivity contribution >= 4 is 23.8 Å². The normalized spacial score (nSPS) is 19.7. The van der Waals surface area contributed by atoms with Gasteiger partial charge in [0.2, 0.25) is 0 Å². The molecule has 140 valence electrons. The van der Waals surface area contributed by atoms with E-state index in [0.717, 1.165) is 56.4 Å². The maximum Gasteiger partial charge on any atom is 0.407 e. The van der Waals surface area contributed by atoms with Gasteiger partial charge in [0.15, 0.2) is 0 Å². The average molecular weight is 359 g/mol. The van der Waals surface area contributed by atoms with Crippen molar-refractivity contribution in [2.75, 3.05) is 24.5 Å². The first-order valence-electron chi connectivity index (χ1n) is 9.02. The Labute approximate surface area is 152 Å². The van der Waals surface area contributed by atoms with Gasteiger partial charge in [-0.1, -0.05) is 18.2 Å². The van der Waals surface area contributed by atoms with E-state index in [0.29, 0.717) is 6.54 Å². The van der Waals surface area contributed by atoms with Gasteiger partial charge < -0.3 is 14.9 Å². The molecule has 2 aliphatic heterocycles. The number of nitrogens with zero attached hydrogens (tertiary/aromatic N) is 2. The Balaban J connectivity index is 1.75. The van der Waals surface area contributed by atoms with Gasteiger partial charge in [0, 0.05) is 36.9 Å². The minimum absolute atomic E-state index is 0.234. The summed E-state index contributed by atoms with van der Waals surface area (Å²) >= 11 is 0. The second-order valence-electron chi connectivity index (χ2n) is 6.97. The predicted octanol–water partition coefficient (Wildman–Crippen LogP) is 2.71. The lowest BCUT2D eigenvalue weighted by molar-refractivity contribution is -0.124. The lowest BCUT2D eigenvalue weighted by atomic mass is 9.78. The number of carbonyl (C=O) groups is 2. The molecule has 2 heterocycles. The predicted molar refractivity (Wildman–Crippen MR) is 98.2 cm³/mol. The van der Waals surface area contributed by atoms with Crippen LogP contribution in [0.25, 0.3) is 6.08 Å². The Hall–Kier alpha value is -2.54. The lowest BCUT2D eigenvalue weighted by Crippen LogP contribution is -2.59. The highest BCUT2D eigenvalue weighted by molar-refractivity contribution is 5.91. The molecule has 26 heavy (non-hydrogen) atoms. The van der Waals surface area contributed by atoms with Gasteiger partial charge in [-0.15, -0.1) is 0 Å². The number of benzene rings is 1. The smallest absolute Gasteiger partial charge is 0.407 e. The van der Waals surface area contributed by atoms with Crippen molar-refractivity contribution in [3.8, 4) is 0 Å². The SMILES string of the molecule is O=C(/C=C/c1ccccc1N1CCC2(CCCCN2C(=O)O)CC1)NO. The van der Waals surface area contributed by atoms with Crippen LogP contribution in [0.15, 0.2) is 30.3 Å². The van der Waals surface area contributed by atoms with E-state index in [1.807, 2.05) is 24.3 Å². The van der Waals surface area contributed by atoms with Gasteiger partial charge in [-0.3, -0.25) is 10.0 Å². The molecule has 2 aliphatic rings. The Kier molecular flexibility index (Phi) is 5.46. The zero-order valence-electron chi connectivity index (χ0n) is 14.7. The van der Waals surface area contributed by atoms with Crippen LogP contribution in [0.5, 0.6) is 0 Å². The molecule has 0 unspecified atom stereocenters. The number of piperidine rings is 2. The molecule has 7 nitrogen and oxygen atoms in total. The molecule has 1 aromatic carbocycles. The molecule has 2 fully saturated rings. The number of hydrogen-bond donors (Lipinski definition) is 3. The molecule has 0 aliphatic carbocycles. The summed E-state index contributed by atoms with van der Waals surface area (Å²) in [5.74, 6) is -0.572. The van der Waals surface area contributed by atoms with Crippen LogP contribution in [0.1, 0.15) is 37.7 Å². The van der Waals surface area contributed by atoms with Crippen molar-refractivity contribution in [2.24, 2.45) is 0 Å². The first-order valence-corrected chi connectivity index (χ1v) is 9.02. The minimum atomic E-state index is -0.809. The standard InChI is InChI=1S/C19H25N3O4/c23-17(20-26)8-7-15-5-1-2-6-16(15)21-13-10-19(11-14-21)9-3-4-12-22(19)18(24)25/h1-2,5-8,26H,3-4,9-14H2,(H,20,23)(H,24,25)/b8-7+. The summed E-state index contributed by atoms with van der Waals surface area (Å²) in [5.41, 5.74) is 3.26. The summed E-state index contributed by atoms with van der Waals surface area (Å²) in [6.07, 6.45) is 6.75. The Morgan fingerprint density at radius 1 is 1.08 bits per heavy atom. The van der Waals surface area contributed by atoms with Crippen molar-refractivity contribution in [1.82, 2.24) is 10.4 Å². The van der Waals surface area contributed by atoms with E-state index in [9.17, 15) is 14.7 Å². The van der Waals surface area contributed by atoms with Crippen molar-refractivity contribution in [1.29, 1.82) is 0 Å². The molecule has 1 spiro atoms. The second kappa shape index (κ2) is 7.78. The van der Waals surface area contributed by atoms with Crippen LogP contribution in [0, 0.1) is 0 Å². The van der Waals surface area contributed by atoms with E-state index in [4.69, 9.17) is 5.21 Å². The first-order chi connectivity index (χ1) is 12.6. The van der Waals surface area contributed by atoms with Crippen LogP contribution in [0.3, 0.4) is 0 Å². The molecule has 0 aromatic heterocycles. The van der Waals surface area contributed by atoms with Crippen LogP contribution in [0.4, 0.5) is 10.5 Å². The molecule has 2 amide bonds. The van der Waals surface area contributed by atoms with Gasteiger partial charge in [-0.25, -0.2) is 10.3 Å². The van der Waals surface area contributed by atoms with Crippen LogP contribution < -0.4 is 10.4 Å². The number of para-hydroxylation sites is 1. The van der Waals surface area contributed by atoms with Gasteiger partial charge in [0.1, 0.15) is 0 Å². The molecule has 0 atom stereocenters. The van der Waals surface area contributed by atoms with Gasteiger partial charge in [0.25, 0.3) is 5.91 Å².